The van der Waals surface area contributed by atoms with Crippen molar-refractivity contribution in [2.45, 2.75) is 33.0 Å². The number of carbonyl (C=O) groups excluding carboxylic acids is 1. The number of hydrogen-bond acceptors (Lipinski definition) is 4. The van der Waals surface area contributed by atoms with Gasteiger partial charge < -0.3 is 10.4 Å². The van der Waals surface area contributed by atoms with E-state index in [1.165, 1.54) is 17.1 Å². The summed E-state index contributed by atoms with van der Waals surface area (Å²) in [6, 6.07) is -0.584. The largest absolute Gasteiger partial charge is 0.478 e. The molecular weight excluding hydrogens is 274 g/mol. The summed E-state index contributed by atoms with van der Waals surface area (Å²) in [5, 5.41) is 19.6. The summed E-state index contributed by atoms with van der Waals surface area (Å²) < 4.78 is 3.10. The Bertz CT molecular complexity index is 646. The minimum Gasteiger partial charge on any atom is -0.478 e. The third-order valence-electron chi connectivity index (χ3n) is 3.10. The van der Waals surface area contributed by atoms with E-state index in [2.05, 4.69) is 15.5 Å². The first-order chi connectivity index (χ1) is 10.0. The van der Waals surface area contributed by atoms with Gasteiger partial charge in [-0.05, 0) is 13.8 Å². The molecule has 0 bridgehead atoms. The number of carboxylic acids is 1. The number of amides is 1. The van der Waals surface area contributed by atoms with Gasteiger partial charge in [-0.3, -0.25) is 14.2 Å². The van der Waals surface area contributed by atoms with E-state index in [4.69, 9.17) is 5.11 Å². The second-order valence-corrected chi connectivity index (χ2v) is 4.61. The van der Waals surface area contributed by atoms with Gasteiger partial charge in [0.25, 0.3) is 0 Å². The molecule has 1 amide bonds. The fourth-order valence-corrected chi connectivity index (χ4v) is 1.79. The van der Waals surface area contributed by atoms with Gasteiger partial charge in [-0.2, -0.15) is 10.2 Å². The minimum absolute atomic E-state index is 0.0545. The second kappa shape index (κ2) is 6.21. The van der Waals surface area contributed by atoms with Crippen molar-refractivity contribution in [2.75, 3.05) is 0 Å². The van der Waals surface area contributed by atoms with Gasteiger partial charge in [0, 0.05) is 31.0 Å². The third kappa shape index (κ3) is 3.47. The molecule has 112 valence electrons. The van der Waals surface area contributed by atoms with Gasteiger partial charge in [0.2, 0.25) is 5.91 Å². The van der Waals surface area contributed by atoms with E-state index in [-0.39, 0.29) is 11.5 Å². The lowest BCUT2D eigenvalue weighted by molar-refractivity contribution is -0.124. The maximum Gasteiger partial charge on any atom is 0.338 e. The summed E-state index contributed by atoms with van der Waals surface area (Å²) in [5.74, 6) is -1.31. The maximum atomic E-state index is 12.0. The maximum absolute atomic E-state index is 12.0. The number of rotatable bonds is 6. The number of nitrogens with zero attached hydrogens (tertiary/aromatic N) is 4. The first kappa shape index (κ1) is 14.8. The zero-order valence-corrected chi connectivity index (χ0v) is 11.9. The summed E-state index contributed by atoms with van der Waals surface area (Å²) in [4.78, 5) is 22.8. The topological polar surface area (TPSA) is 102 Å². The Hall–Kier alpha value is -2.64. The van der Waals surface area contributed by atoms with Crippen LogP contribution in [0.15, 0.2) is 24.8 Å². The van der Waals surface area contributed by atoms with Crippen molar-refractivity contribution in [3.8, 4) is 0 Å². The van der Waals surface area contributed by atoms with Gasteiger partial charge in [0.1, 0.15) is 6.04 Å². The molecule has 2 heterocycles. The Balaban J connectivity index is 1.94. The average molecular weight is 291 g/mol. The van der Waals surface area contributed by atoms with Crippen molar-refractivity contribution < 1.29 is 14.7 Å². The molecule has 0 spiro atoms. The standard InChI is InChI=1S/C13H17N5O3/c1-3-17-7-10(5-15-17)4-14-12(19)9(2)18-8-11(6-16-18)13(20)21/h5-9H,3-4H2,1-2H3,(H,14,19)(H,20,21). The predicted octanol–water partition coefficient (Wildman–Crippen LogP) is 0.675. The zero-order chi connectivity index (χ0) is 15.4. The molecular formula is C13H17N5O3. The molecule has 2 aromatic heterocycles. The van der Waals surface area contributed by atoms with Gasteiger partial charge in [0.05, 0.1) is 18.0 Å². The van der Waals surface area contributed by atoms with Crippen LogP contribution in [-0.4, -0.2) is 36.5 Å². The predicted molar refractivity (Wildman–Crippen MR) is 73.6 cm³/mol. The molecule has 2 aromatic rings. The number of nitrogens with one attached hydrogen (secondary N) is 1. The number of aromatic carboxylic acids is 1. The Kier molecular flexibility index (Phi) is 4.36. The van der Waals surface area contributed by atoms with Crippen LogP contribution in [0.5, 0.6) is 0 Å². The molecule has 0 radical (unpaired) electrons. The quantitative estimate of drug-likeness (QED) is 0.814. The highest BCUT2D eigenvalue weighted by Gasteiger charge is 2.17. The van der Waals surface area contributed by atoms with Crippen molar-refractivity contribution in [2.24, 2.45) is 0 Å². The molecule has 0 aliphatic heterocycles. The summed E-state index contributed by atoms with van der Waals surface area (Å²) in [6.07, 6.45) is 6.12. The van der Waals surface area contributed by atoms with E-state index in [1.54, 1.807) is 17.8 Å². The van der Waals surface area contributed by atoms with Crippen LogP contribution in [-0.2, 0) is 17.9 Å². The van der Waals surface area contributed by atoms with Gasteiger partial charge in [-0.1, -0.05) is 0 Å². The number of aryl methyl sites for hydroxylation is 1. The molecule has 0 fully saturated rings. The minimum atomic E-state index is -1.07. The first-order valence-corrected chi connectivity index (χ1v) is 6.57. The number of aromatic nitrogens is 4. The van der Waals surface area contributed by atoms with Gasteiger partial charge in [-0.25, -0.2) is 4.79 Å². The molecule has 0 saturated heterocycles. The van der Waals surface area contributed by atoms with Gasteiger partial charge in [0.15, 0.2) is 0 Å². The van der Waals surface area contributed by atoms with Crippen molar-refractivity contribution in [1.29, 1.82) is 0 Å². The van der Waals surface area contributed by atoms with Crippen LogP contribution in [0.2, 0.25) is 0 Å². The van der Waals surface area contributed by atoms with Crippen LogP contribution in [0.1, 0.15) is 35.8 Å². The highest BCUT2D eigenvalue weighted by atomic mass is 16.4. The smallest absolute Gasteiger partial charge is 0.338 e. The molecule has 0 aliphatic rings. The van der Waals surface area contributed by atoms with E-state index in [0.717, 1.165) is 12.1 Å². The lowest BCUT2D eigenvalue weighted by atomic mass is 10.3. The molecule has 0 saturated carbocycles. The molecule has 1 atom stereocenters. The Labute approximate surface area is 121 Å². The Morgan fingerprint density at radius 1 is 1.33 bits per heavy atom. The molecule has 8 nitrogen and oxygen atoms in total. The van der Waals surface area contributed by atoms with Crippen molar-refractivity contribution >= 4 is 11.9 Å². The van der Waals surface area contributed by atoms with Crippen LogP contribution >= 0.6 is 0 Å². The van der Waals surface area contributed by atoms with Crippen molar-refractivity contribution in [3.05, 3.63) is 35.9 Å². The molecule has 21 heavy (non-hydrogen) atoms. The summed E-state index contributed by atoms with van der Waals surface area (Å²) in [7, 11) is 0. The number of hydrogen-bond donors (Lipinski definition) is 2. The van der Waals surface area contributed by atoms with E-state index >= 15 is 0 Å². The zero-order valence-electron chi connectivity index (χ0n) is 11.9. The van der Waals surface area contributed by atoms with E-state index in [0.29, 0.717) is 6.54 Å². The lowest BCUT2D eigenvalue weighted by Crippen LogP contribution is -2.30. The van der Waals surface area contributed by atoms with Crippen LogP contribution in [0, 0.1) is 0 Å². The fraction of sp³-hybridized carbons (Fsp3) is 0.385. The van der Waals surface area contributed by atoms with Crippen LogP contribution < -0.4 is 5.32 Å². The Morgan fingerprint density at radius 3 is 2.67 bits per heavy atom. The highest BCUT2D eigenvalue weighted by Crippen LogP contribution is 2.07. The van der Waals surface area contributed by atoms with Crippen molar-refractivity contribution in [3.63, 3.8) is 0 Å². The highest BCUT2D eigenvalue weighted by molar-refractivity contribution is 5.87. The molecule has 0 aromatic carbocycles. The molecule has 8 heteroatoms. The van der Waals surface area contributed by atoms with Crippen LogP contribution in [0.3, 0.4) is 0 Å². The van der Waals surface area contributed by atoms with Crippen LogP contribution in [0.4, 0.5) is 0 Å². The molecule has 1 unspecified atom stereocenters. The summed E-state index contributed by atoms with van der Waals surface area (Å²) >= 11 is 0. The molecule has 0 aliphatic carbocycles. The van der Waals surface area contributed by atoms with Crippen molar-refractivity contribution in [1.82, 2.24) is 24.9 Å². The number of carboxylic acid groups (broad SMARTS) is 1. The Morgan fingerprint density at radius 2 is 2.10 bits per heavy atom. The molecule has 2 N–H and O–H groups in total. The van der Waals surface area contributed by atoms with Gasteiger partial charge >= 0.3 is 5.97 Å². The number of carbonyl (C=O) groups is 2. The van der Waals surface area contributed by atoms with E-state index in [9.17, 15) is 9.59 Å². The van der Waals surface area contributed by atoms with E-state index in [1.807, 2.05) is 13.1 Å². The average Bonchev–Trinajstić information content (AvgIpc) is 3.12. The molecule has 2 rings (SSSR count). The second-order valence-electron chi connectivity index (χ2n) is 4.61. The monoisotopic (exact) mass is 291 g/mol. The summed E-state index contributed by atoms with van der Waals surface area (Å²) in [5.41, 5.74) is 0.961. The SMILES string of the molecule is CCn1cc(CNC(=O)C(C)n2cc(C(=O)O)cn2)cn1. The summed E-state index contributed by atoms with van der Waals surface area (Å²) in [6.45, 7) is 4.78. The van der Waals surface area contributed by atoms with Crippen LogP contribution in [0.25, 0.3) is 0 Å². The lowest BCUT2D eigenvalue weighted by Gasteiger charge is -2.11. The van der Waals surface area contributed by atoms with E-state index < -0.39 is 12.0 Å². The third-order valence-corrected chi connectivity index (χ3v) is 3.10. The van der Waals surface area contributed by atoms with Gasteiger partial charge in [-0.15, -0.1) is 0 Å². The normalized spacial score (nSPS) is 12.1. The first-order valence-electron chi connectivity index (χ1n) is 6.57. The fourth-order valence-electron chi connectivity index (χ4n) is 1.79.